The minimum atomic E-state index is -1.57. The molecule has 4 aromatic carbocycles. The maximum Gasteiger partial charge on any atom is 0.252 e. The Kier molecular flexibility index (Phi) is 12.7. The van der Waals surface area contributed by atoms with E-state index in [1.54, 1.807) is 107 Å². The molecule has 0 spiro atoms. The quantitative estimate of drug-likeness (QED) is 0.135. The fraction of sp³-hybridized carbons (Fsp3) is 0.148. The van der Waals surface area contributed by atoms with E-state index in [1.807, 2.05) is 104 Å². The molecule has 70 heavy (non-hydrogen) atoms. The summed E-state index contributed by atoms with van der Waals surface area (Å²) < 4.78 is 17.5. The maximum atomic E-state index is 12.8. The largest absolute Gasteiger partial charge is 0.497 e. The fourth-order valence-corrected chi connectivity index (χ4v) is 9.15. The number of methoxy groups -OCH3 is 2. The van der Waals surface area contributed by atoms with Gasteiger partial charge in [-0.25, -0.2) is 19.9 Å². The van der Waals surface area contributed by atoms with Gasteiger partial charge in [0.25, 0.3) is 11.1 Å². The zero-order chi connectivity index (χ0) is 49.5. The number of rotatable bonds is 10. The molecule has 16 heteroatoms. The second-order valence-corrected chi connectivity index (χ2v) is 17.7. The van der Waals surface area contributed by atoms with Gasteiger partial charge >= 0.3 is 0 Å². The van der Waals surface area contributed by atoms with Crippen molar-refractivity contribution in [2.75, 3.05) is 14.2 Å². The van der Waals surface area contributed by atoms with Gasteiger partial charge in [-0.2, -0.15) is 0 Å². The van der Waals surface area contributed by atoms with Crippen molar-refractivity contribution in [3.8, 4) is 33.8 Å². The second-order valence-electron chi connectivity index (χ2n) is 16.9. The van der Waals surface area contributed by atoms with E-state index < -0.39 is 11.1 Å². The zero-order valence-corrected chi connectivity index (χ0v) is 40.5. The fourth-order valence-electron chi connectivity index (χ4n) is 8.90. The number of halogens is 2. The topological polar surface area (TPSA) is 170 Å². The lowest BCUT2D eigenvalue weighted by Crippen LogP contribution is -2.41. The summed E-state index contributed by atoms with van der Waals surface area (Å²) in [5.41, 5.74) is 12.5. The smallest absolute Gasteiger partial charge is 0.252 e. The lowest BCUT2D eigenvalue weighted by Gasteiger charge is -2.31. The van der Waals surface area contributed by atoms with Crippen molar-refractivity contribution < 1.29 is 14.6 Å². The van der Waals surface area contributed by atoms with Crippen molar-refractivity contribution >= 4 is 45.3 Å². The van der Waals surface area contributed by atoms with Gasteiger partial charge in [0.1, 0.15) is 28.3 Å². The maximum absolute atomic E-state index is 12.8. The molecule has 0 aliphatic carbocycles. The summed E-state index contributed by atoms with van der Waals surface area (Å²) in [5.74, 6) is 1.37. The molecule has 10 aromatic rings. The monoisotopic (exact) mass is 971 g/mol. The Morgan fingerprint density at radius 3 is 1.44 bits per heavy atom. The zero-order valence-electron chi connectivity index (χ0n) is 39.0. The van der Waals surface area contributed by atoms with E-state index in [9.17, 15) is 14.7 Å². The van der Waals surface area contributed by atoms with Crippen LogP contribution in [-0.2, 0) is 39.3 Å². The predicted molar refractivity (Wildman–Crippen MR) is 273 cm³/mol. The van der Waals surface area contributed by atoms with Crippen LogP contribution in [0.1, 0.15) is 33.6 Å². The average molecular weight is 973 g/mol. The molecule has 14 nitrogen and oxygen atoms in total. The molecule has 352 valence electrons. The lowest BCUT2D eigenvalue weighted by atomic mass is 9.81. The van der Waals surface area contributed by atoms with Crippen LogP contribution in [0.15, 0.2) is 168 Å². The van der Waals surface area contributed by atoms with E-state index in [4.69, 9.17) is 43.4 Å². The first-order chi connectivity index (χ1) is 33.6. The minimum absolute atomic E-state index is 0.154. The molecule has 0 bridgehead atoms. The Balaban J connectivity index is 0.000000174. The highest BCUT2D eigenvalue weighted by Gasteiger charge is 2.38. The third-order valence-corrected chi connectivity index (χ3v) is 13.3. The molecule has 0 fully saturated rings. The van der Waals surface area contributed by atoms with Gasteiger partial charge in [-0.1, -0.05) is 71.7 Å². The van der Waals surface area contributed by atoms with Gasteiger partial charge in [0.15, 0.2) is 5.60 Å². The van der Waals surface area contributed by atoms with Crippen LogP contribution in [0, 0.1) is 0 Å². The van der Waals surface area contributed by atoms with Gasteiger partial charge < -0.3 is 29.4 Å². The summed E-state index contributed by atoms with van der Waals surface area (Å²) in [5, 5.41) is 15.0. The number of pyridine rings is 4. The molecule has 10 rings (SSSR count). The van der Waals surface area contributed by atoms with Crippen molar-refractivity contribution in [3.05, 3.63) is 223 Å². The van der Waals surface area contributed by atoms with Crippen LogP contribution < -0.4 is 26.3 Å². The van der Waals surface area contributed by atoms with Crippen LogP contribution in [0.4, 0.5) is 0 Å². The van der Waals surface area contributed by atoms with Crippen LogP contribution in [-0.4, -0.2) is 57.5 Å². The molecule has 3 N–H and O–H groups in total. The highest BCUT2D eigenvalue weighted by atomic mass is 35.5. The molecule has 2 atom stereocenters. The first-order valence-corrected chi connectivity index (χ1v) is 22.7. The number of imidazole rings is 2. The van der Waals surface area contributed by atoms with Crippen LogP contribution in [0.3, 0.4) is 0 Å². The second kappa shape index (κ2) is 18.9. The molecule has 0 radical (unpaired) electrons. The number of nitrogens with two attached hydrogens (primary N) is 1. The lowest BCUT2D eigenvalue weighted by molar-refractivity contribution is 0.117. The van der Waals surface area contributed by atoms with Crippen LogP contribution in [0.25, 0.3) is 44.3 Å². The molecule has 6 heterocycles. The van der Waals surface area contributed by atoms with E-state index in [0.717, 1.165) is 38.9 Å². The van der Waals surface area contributed by atoms with E-state index in [-0.39, 0.29) is 11.1 Å². The predicted octanol–water partition coefficient (Wildman–Crippen LogP) is 8.53. The van der Waals surface area contributed by atoms with E-state index in [1.165, 1.54) is 9.13 Å². The number of aryl methyl sites for hydroxylation is 4. The number of benzene rings is 4. The molecular formula is C54H47Cl2N9O5. The highest BCUT2D eigenvalue weighted by molar-refractivity contribution is 6.30. The van der Waals surface area contributed by atoms with E-state index in [2.05, 4.69) is 15.0 Å². The number of aliphatic hydroxyl groups is 1. The molecule has 0 saturated carbocycles. The van der Waals surface area contributed by atoms with Crippen LogP contribution in [0.5, 0.6) is 11.5 Å². The third kappa shape index (κ3) is 8.40. The number of nitrogens with zero attached hydrogens (tertiary/aromatic N) is 8. The molecule has 0 amide bonds. The van der Waals surface area contributed by atoms with Crippen molar-refractivity contribution in [1.29, 1.82) is 0 Å². The Bertz CT molecular complexity index is 3460. The summed E-state index contributed by atoms with van der Waals surface area (Å²) in [6.45, 7) is 0. The molecular weight excluding hydrogens is 926 g/mol. The Hall–Kier alpha value is -7.88. The Morgan fingerprint density at radius 1 is 0.543 bits per heavy atom. The summed E-state index contributed by atoms with van der Waals surface area (Å²) >= 11 is 12.3. The minimum Gasteiger partial charge on any atom is -0.497 e. The molecule has 0 aliphatic rings. The van der Waals surface area contributed by atoms with Crippen LogP contribution >= 0.6 is 23.2 Å². The molecule has 0 unspecified atom stereocenters. The SMILES string of the molecule is COc1cccc(-c2cc(=O)n(C)c3ncc([C@](N)(c4ccc(Cl)cc4)c4cncn4C)cc23)c1.COc1cccc(-c2cc(=O)n(C)c3ncc([C@](O)(c4ccc(Cl)cc4)c4cncn4C)cc23)c1. The Labute approximate surface area is 412 Å². The number of aromatic nitrogens is 8. The normalized spacial score (nSPS) is 13.1. The van der Waals surface area contributed by atoms with E-state index in [0.29, 0.717) is 60.6 Å². The molecule has 0 aliphatic heterocycles. The van der Waals surface area contributed by atoms with Crippen molar-refractivity contribution in [2.45, 2.75) is 11.1 Å². The van der Waals surface area contributed by atoms with Gasteiger partial charge in [0.2, 0.25) is 0 Å². The number of ether oxygens (including phenoxy) is 2. The Morgan fingerprint density at radius 2 is 0.986 bits per heavy atom. The summed E-state index contributed by atoms with van der Waals surface area (Å²) in [7, 11) is 10.3. The van der Waals surface area contributed by atoms with E-state index >= 15 is 0 Å². The van der Waals surface area contributed by atoms with Gasteiger partial charge in [0, 0.05) is 84.7 Å². The highest BCUT2D eigenvalue weighted by Crippen LogP contribution is 2.40. The van der Waals surface area contributed by atoms with Gasteiger partial charge in [-0.3, -0.25) is 18.7 Å². The number of fused-ring (bicyclic) bond motifs is 2. The third-order valence-electron chi connectivity index (χ3n) is 12.8. The standard InChI is InChI=1S/C27H24ClN5O2.C27H23ClN4O3/c1-32-16-30-15-24(32)27(29,18-7-9-20(28)10-8-18)19-12-23-22(17-5-4-6-21(11-17)35-3)13-25(34)33(2)26(23)31-14-19;1-31-16-29-15-24(31)27(34,18-7-9-20(28)10-8-18)19-12-23-22(17-5-4-6-21(11-17)35-3)13-25(33)32(2)26(23)30-14-19/h4-16H,29H2,1-3H3;4-16,34H,1-3H3/t2*27-/m11/s1. The summed E-state index contributed by atoms with van der Waals surface area (Å²) in [4.78, 5) is 43.4. The van der Waals surface area contributed by atoms with Crippen molar-refractivity contribution in [3.63, 3.8) is 0 Å². The van der Waals surface area contributed by atoms with Crippen molar-refractivity contribution in [2.24, 2.45) is 33.9 Å². The first kappa shape index (κ1) is 47.2. The first-order valence-electron chi connectivity index (χ1n) is 21.9. The van der Waals surface area contributed by atoms with Crippen molar-refractivity contribution in [1.82, 2.24) is 38.2 Å². The summed E-state index contributed by atoms with van der Waals surface area (Å²) in [6, 6.07) is 36.6. The molecule has 6 aromatic heterocycles. The van der Waals surface area contributed by atoms with Gasteiger partial charge in [-0.05, 0) is 94.0 Å². The number of hydrogen-bond acceptors (Lipinski definition) is 10. The van der Waals surface area contributed by atoms with Gasteiger partial charge in [0.05, 0.1) is 50.7 Å². The average Bonchev–Trinajstić information content (AvgIpc) is 4.03. The van der Waals surface area contributed by atoms with Crippen LogP contribution in [0.2, 0.25) is 10.0 Å². The van der Waals surface area contributed by atoms with Gasteiger partial charge in [-0.15, -0.1) is 0 Å². The molecule has 0 saturated heterocycles. The number of hydrogen-bond donors (Lipinski definition) is 2. The summed E-state index contributed by atoms with van der Waals surface area (Å²) in [6.07, 6.45) is 10.0.